The van der Waals surface area contributed by atoms with Gasteiger partial charge in [0.15, 0.2) is 11.5 Å². The van der Waals surface area contributed by atoms with Crippen molar-refractivity contribution in [3.05, 3.63) is 59.7 Å². The number of hydrogen-bond donors (Lipinski definition) is 2. The molecule has 2 aromatic rings. The van der Waals surface area contributed by atoms with Crippen molar-refractivity contribution < 1.29 is 19.3 Å². The fourth-order valence-electron chi connectivity index (χ4n) is 3.45. The van der Waals surface area contributed by atoms with E-state index in [0.29, 0.717) is 6.61 Å². The molecule has 1 aliphatic heterocycles. The minimum Gasteiger partial charge on any atom is -0.493 e. The SMILES string of the molecule is CC[NH+]1CC[NH+](Cc2ccc(OCc3ccccc3)c(OC)c2)CC1. The van der Waals surface area contributed by atoms with Crippen molar-refractivity contribution in [3.63, 3.8) is 0 Å². The molecule has 0 saturated carbocycles. The van der Waals surface area contributed by atoms with Gasteiger partial charge in [-0.3, -0.25) is 0 Å². The highest BCUT2D eigenvalue weighted by molar-refractivity contribution is 5.42. The van der Waals surface area contributed by atoms with E-state index in [1.165, 1.54) is 38.3 Å². The first-order valence-corrected chi connectivity index (χ1v) is 9.29. The monoisotopic (exact) mass is 342 g/mol. The maximum absolute atomic E-state index is 5.95. The Hall–Kier alpha value is -2.04. The van der Waals surface area contributed by atoms with Gasteiger partial charge in [-0.2, -0.15) is 0 Å². The topological polar surface area (TPSA) is 27.3 Å². The van der Waals surface area contributed by atoms with E-state index >= 15 is 0 Å². The average Bonchev–Trinajstić information content (AvgIpc) is 2.68. The van der Waals surface area contributed by atoms with Gasteiger partial charge in [-0.05, 0) is 30.7 Å². The van der Waals surface area contributed by atoms with E-state index in [2.05, 4.69) is 31.2 Å². The van der Waals surface area contributed by atoms with Gasteiger partial charge in [0, 0.05) is 5.56 Å². The smallest absolute Gasteiger partial charge is 0.161 e. The van der Waals surface area contributed by atoms with E-state index in [1.54, 1.807) is 16.9 Å². The highest BCUT2D eigenvalue weighted by Crippen LogP contribution is 2.28. The van der Waals surface area contributed by atoms with Gasteiger partial charge in [0.25, 0.3) is 0 Å². The number of nitrogens with one attached hydrogen (secondary N) is 2. The second kappa shape index (κ2) is 8.88. The number of hydrogen-bond acceptors (Lipinski definition) is 2. The lowest BCUT2D eigenvalue weighted by atomic mass is 10.1. The Morgan fingerprint density at radius 2 is 1.56 bits per heavy atom. The molecule has 2 aromatic carbocycles. The van der Waals surface area contributed by atoms with Crippen LogP contribution in [-0.4, -0.2) is 39.8 Å². The molecule has 0 aromatic heterocycles. The van der Waals surface area contributed by atoms with Gasteiger partial charge in [-0.15, -0.1) is 0 Å². The molecule has 2 N–H and O–H groups in total. The summed E-state index contributed by atoms with van der Waals surface area (Å²) in [5, 5.41) is 0. The molecule has 1 aliphatic rings. The minimum absolute atomic E-state index is 0.559. The number of quaternary nitrogens is 2. The highest BCUT2D eigenvalue weighted by atomic mass is 16.5. The number of ether oxygens (including phenoxy) is 2. The summed E-state index contributed by atoms with van der Waals surface area (Å²) in [4.78, 5) is 3.39. The predicted molar refractivity (Wildman–Crippen MR) is 99.4 cm³/mol. The van der Waals surface area contributed by atoms with Gasteiger partial charge in [0.1, 0.15) is 39.3 Å². The van der Waals surface area contributed by atoms with Gasteiger partial charge in [0.05, 0.1) is 13.7 Å². The lowest BCUT2D eigenvalue weighted by Crippen LogP contribution is -3.27. The lowest BCUT2D eigenvalue weighted by molar-refractivity contribution is -1.02. The Balaban J connectivity index is 1.59. The Morgan fingerprint density at radius 3 is 2.24 bits per heavy atom. The molecule has 1 fully saturated rings. The Kier molecular flexibility index (Phi) is 6.31. The van der Waals surface area contributed by atoms with Crippen LogP contribution in [0.25, 0.3) is 0 Å². The molecule has 1 heterocycles. The number of methoxy groups -OCH3 is 1. The number of rotatable bonds is 7. The molecule has 0 aliphatic carbocycles. The first kappa shape index (κ1) is 17.8. The summed E-state index contributed by atoms with van der Waals surface area (Å²) in [5.74, 6) is 1.64. The normalized spacial score (nSPS) is 20.2. The van der Waals surface area contributed by atoms with E-state index in [0.717, 1.165) is 23.6 Å². The Morgan fingerprint density at radius 1 is 0.840 bits per heavy atom. The Labute approximate surface area is 151 Å². The second-order valence-corrected chi connectivity index (χ2v) is 6.79. The van der Waals surface area contributed by atoms with Crippen molar-refractivity contribution in [2.75, 3.05) is 39.8 Å². The van der Waals surface area contributed by atoms with E-state index in [1.807, 2.05) is 24.3 Å². The molecule has 0 unspecified atom stereocenters. The van der Waals surface area contributed by atoms with E-state index in [4.69, 9.17) is 9.47 Å². The van der Waals surface area contributed by atoms with Crippen LogP contribution < -0.4 is 19.3 Å². The molecule has 4 heteroatoms. The van der Waals surface area contributed by atoms with Crippen molar-refractivity contribution in [1.82, 2.24) is 0 Å². The summed E-state index contributed by atoms with van der Waals surface area (Å²) in [7, 11) is 1.71. The Bertz CT molecular complexity index is 652. The zero-order valence-electron chi connectivity index (χ0n) is 15.4. The molecule has 0 radical (unpaired) electrons. The molecular formula is C21H30N2O2+2. The second-order valence-electron chi connectivity index (χ2n) is 6.79. The zero-order valence-corrected chi connectivity index (χ0v) is 15.4. The standard InChI is InChI=1S/C21H28N2O2/c1-3-22-11-13-23(14-12-22)16-19-9-10-20(21(15-19)24-2)25-17-18-7-5-4-6-8-18/h4-10,15H,3,11-14,16-17H2,1-2H3/p+2. The van der Waals surface area contributed by atoms with Crippen LogP contribution in [0, 0.1) is 0 Å². The first-order chi connectivity index (χ1) is 12.3. The number of piperazine rings is 1. The van der Waals surface area contributed by atoms with Crippen LogP contribution in [0.2, 0.25) is 0 Å². The summed E-state index contributed by atoms with van der Waals surface area (Å²) in [6.07, 6.45) is 0. The highest BCUT2D eigenvalue weighted by Gasteiger charge is 2.22. The summed E-state index contributed by atoms with van der Waals surface area (Å²) in [6.45, 7) is 10.2. The summed E-state index contributed by atoms with van der Waals surface area (Å²) < 4.78 is 11.5. The molecule has 3 rings (SSSR count). The molecular weight excluding hydrogens is 312 g/mol. The molecule has 0 spiro atoms. The average molecular weight is 342 g/mol. The van der Waals surface area contributed by atoms with Crippen LogP contribution in [0.5, 0.6) is 11.5 Å². The first-order valence-electron chi connectivity index (χ1n) is 9.29. The fraction of sp³-hybridized carbons (Fsp3) is 0.429. The van der Waals surface area contributed by atoms with Gasteiger partial charge in [0.2, 0.25) is 0 Å². The van der Waals surface area contributed by atoms with Gasteiger partial charge in [-0.1, -0.05) is 30.3 Å². The largest absolute Gasteiger partial charge is 0.493 e. The van der Waals surface area contributed by atoms with Crippen LogP contribution in [0.15, 0.2) is 48.5 Å². The van der Waals surface area contributed by atoms with Gasteiger partial charge in [-0.25, -0.2) is 0 Å². The minimum atomic E-state index is 0.559. The van der Waals surface area contributed by atoms with Gasteiger partial charge < -0.3 is 19.3 Å². The number of likely N-dealkylation sites (N-methyl/N-ethyl adjacent to an activating group) is 1. The molecule has 25 heavy (non-hydrogen) atoms. The summed E-state index contributed by atoms with van der Waals surface area (Å²) >= 11 is 0. The predicted octanol–water partition coefficient (Wildman–Crippen LogP) is 0.578. The van der Waals surface area contributed by atoms with Crippen molar-refractivity contribution in [2.45, 2.75) is 20.1 Å². The van der Waals surface area contributed by atoms with Crippen molar-refractivity contribution in [1.29, 1.82) is 0 Å². The van der Waals surface area contributed by atoms with E-state index in [9.17, 15) is 0 Å². The zero-order chi connectivity index (χ0) is 17.5. The maximum atomic E-state index is 5.95. The molecule has 134 valence electrons. The summed E-state index contributed by atoms with van der Waals surface area (Å²) in [5.41, 5.74) is 2.48. The molecule has 1 saturated heterocycles. The fourth-order valence-corrected chi connectivity index (χ4v) is 3.45. The molecule has 4 nitrogen and oxygen atoms in total. The van der Waals surface area contributed by atoms with Crippen LogP contribution in [0.4, 0.5) is 0 Å². The van der Waals surface area contributed by atoms with E-state index < -0.39 is 0 Å². The van der Waals surface area contributed by atoms with Crippen LogP contribution >= 0.6 is 0 Å². The van der Waals surface area contributed by atoms with Crippen LogP contribution in [0.1, 0.15) is 18.1 Å². The van der Waals surface area contributed by atoms with Crippen LogP contribution in [-0.2, 0) is 13.2 Å². The molecule has 0 bridgehead atoms. The van der Waals surface area contributed by atoms with E-state index in [-0.39, 0.29) is 0 Å². The summed E-state index contributed by atoms with van der Waals surface area (Å²) in [6, 6.07) is 16.6. The van der Waals surface area contributed by atoms with Crippen molar-refractivity contribution >= 4 is 0 Å². The van der Waals surface area contributed by atoms with Crippen molar-refractivity contribution in [2.24, 2.45) is 0 Å². The van der Waals surface area contributed by atoms with Crippen LogP contribution in [0.3, 0.4) is 0 Å². The maximum Gasteiger partial charge on any atom is 0.161 e. The van der Waals surface area contributed by atoms with Gasteiger partial charge >= 0.3 is 0 Å². The van der Waals surface area contributed by atoms with Crippen molar-refractivity contribution in [3.8, 4) is 11.5 Å². The quantitative estimate of drug-likeness (QED) is 0.770. The molecule has 0 amide bonds. The third kappa shape index (κ3) is 4.97. The third-order valence-electron chi connectivity index (χ3n) is 5.08. The molecule has 0 atom stereocenters. The third-order valence-corrected chi connectivity index (χ3v) is 5.08. The number of benzene rings is 2. The lowest BCUT2D eigenvalue weighted by Gasteiger charge is -2.29.